The summed E-state index contributed by atoms with van der Waals surface area (Å²) < 4.78 is 0.988. The van der Waals surface area contributed by atoms with Crippen LogP contribution in [0.3, 0.4) is 0 Å². The van der Waals surface area contributed by atoms with Crippen molar-refractivity contribution >= 4 is 50.1 Å². The molecule has 1 fully saturated rings. The predicted molar refractivity (Wildman–Crippen MR) is 87.6 cm³/mol. The van der Waals surface area contributed by atoms with Crippen LogP contribution in [0.5, 0.6) is 0 Å². The number of para-hydroxylation sites is 1. The second-order valence-electron chi connectivity index (χ2n) is 4.22. The number of anilines is 1. The molecule has 3 nitrogen and oxygen atoms in total. The van der Waals surface area contributed by atoms with E-state index in [1.165, 1.54) is 11.8 Å². The fourth-order valence-electron chi connectivity index (χ4n) is 1.90. The molecule has 0 N–H and O–H groups in total. The summed E-state index contributed by atoms with van der Waals surface area (Å²) in [6.07, 6.45) is 0. The summed E-state index contributed by atoms with van der Waals surface area (Å²) in [7, 11) is 0. The number of carbonyl (C=O) groups is 1. The molecule has 1 amide bonds. The van der Waals surface area contributed by atoms with Gasteiger partial charge in [0.15, 0.2) is 5.17 Å². The van der Waals surface area contributed by atoms with Crippen LogP contribution in [0, 0.1) is 0 Å². The third-order valence-corrected chi connectivity index (χ3v) is 4.28. The second-order valence-corrected chi connectivity index (χ2v) is 6.08. The first-order valence-corrected chi connectivity index (χ1v) is 7.87. The van der Waals surface area contributed by atoms with E-state index in [2.05, 4.69) is 20.9 Å². The highest BCUT2D eigenvalue weighted by molar-refractivity contribution is 9.10. The number of amides is 1. The van der Waals surface area contributed by atoms with E-state index in [0.29, 0.717) is 5.75 Å². The molecule has 5 heteroatoms. The van der Waals surface area contributed by atoms with Crippen molar-refractivity contribution in [3.63, 3.8) is 0 Å². The molecule has 0 spiro atoms. The minimum absolute atomic E-state index is 0.0620. The number of hydrogen-bond acceptors (Lipinski definition) is 3. The first-order valence-electron chi connectivity index (χ1n) is 6.09. The van der Waals surface area contributed by atoms with Crippen molar-refractivity contribution in [2.75, 3.05) is 10.7 Å². The molecule has 2 aromatic carbocycles. The Morgan fingerprint density at radius 3 is 2.45 bits per heavy atom. The fourth-order valence-corrected chi connectivity index (χ4v) is 3.05. The lowest BCUT2D eigenvalue weighted by Crippen LogP contribution is -2.28. The number of amidine groups is 1. The lowest BCUT2D eigenvalue weighted by molar-refractivity contribution is -0.115. The van der Waals surface area contributed by atoms with Crippen LogP contribution < -0.4 is 4.90 Å². The largest absolute Gasteiger partial charge is 0.273 e. The van der Waals surface area contributed by atoms with E-state index >= 15 is 0 Å². The monoisotopic (exact) mass is 346 g/mol. The zero-order valence-corrected chi connectivity index (χ0v) is 12.9. The Bertz CT molecular complexity index is 655. The van der Waals surface area contributed by atoms with E-state index in [-0.39, 0.29) is 5.91 Å². The van der Waals surface area contributed by atoms with E-state index in [0.717, 1.165) is 21.0 Å². The molecular weight excluding hydrogens is 336 g/mol. The van der Waals surface area contributed by atoms with Crippen molar-refractivity contribution in [3.05, 3.63) is 59.1 Å². The molecule has 1 aliphatic heterocycles. The quantitative estimate of drug-likeness (QED) is 0.815. The smallest absolute Gasteiger partial charge is 0.243 e. The van der Waals surface area contributed by atoms with Crippen molar-refractivity contribution in [1.82, 2.24) is 0 Å². The van der Waals surface area contributed by atoms with E-state index in [4.69, 9.17) is 0 Å². The van der Waals surface area contributed by atoms with Gasteiger partial charge in [0.05, 0.1) is 17.1 Å². The zero-order chi connectivity index (χ0) is 13.9. The van der Waals surface area contributed by atoms with Crippen molar-refractivity contribution in [3.8, 4) is 0 Å². The van der Waals surface area contributed by atoms with Gasteiger partial charge in [-0.15, -0.1) is 0 Å². The van der Waals surface area contributed by atoms with Gasteiger partial charge < -0.3 is 0 Å². The number of benzene rings is 2. The molecule has 0 atom stereocenters. The molecule has 2 aromatic rings. The first-order chi connectivity index (χ1) is 9.74. The van der Waals surface area contributed by atoms with E-state index in [1.54, 1.807) is 4.90 Å². The summed E-state index contributed by atoms with van der Waals surface area (Å²) in [6, 6.07) is 17.3. The molecule has 1 aliphatic rings. The van der Waals surface area contributed by atoms with Gasteiger partial charge in [-0.2, -0.15) is 0 Å². The van der Waals surface area contributed by atoms with E-state index < -0.39 is 0 Å². The Labute approximate surface area is 129 Å². The number of aliphatic imine (C=N–C) groups is 1. The van der Waals surface area contributed by atoms with Gasteiger partial charge in [0.25, 0.3) is 0 Å². The Morgan fingerprint density at radius 1 is 1.05 bits per heavy atom. The van der Waals surface area contributed by atoms with Gasteiger partial charge in [0.2, 0.25) is 5.91 Å². The van der Waals surface area contributed by atoms with Crippen molar-refractivity contribution in [2.24, 2.45) is 4.99 Å². The average molecular weight is 347 g/mol. The third-order valence-electron chi connectivity index (χ3n) is 2.83. The topological polar surface area (TPSA) is 32.7 Å². The maximum Gasteiger partial charge on any atom is 0.243 e. The summed E-state index contributed by atoms with van der Waals surface area (Å²) in [5.74, 6) is 0.494. The number of halogens is 1. The molecule has 0 aromatic heterocycles. The SMILES string of the molecule is O=C1CSC(=Nc2ccccc2)N1c1ccc(Br)cc1. The molecule has 1 saturated heterocycles. The number of hydrogen-bond donors (Lipinski definition) is 0. The van der Waals surface area contributed by atoms with Crippen LogP contribution >= 0.6 is 27.7 Å². The predicted octanol–water partition coefficient (Wildman–Crippen LogP) is 4.22. The van der Waals surface area contributed by atoms with Crippen molar-refractivity contribution < 1.29 is 4.79 Å². The molecule has 100 valence electrons. The van der Waals surface area contributed by atoms with Gasteiger partial charge in [0.1, 0.15) is 0 Å². The van der Waals surface area contributed by atoms with E-state index in [1.807, 2.05) is 54.6 Å². The number of rotatable bonds is 2. The number of carbonyl (C=O) groups excluding carboxylic acids is 1. The number of nitrogens with zero attached hydrogens (tertiary/aromatic N) is 2. The Balaban J connectivity index is 1.97. The normalized spacial score (nSPS) is 16.9. The molecule has 0 unspecified atom stereocenters. The van der Waals surface area contributed by atoms with Gasteiger partial charge in [0, 0.05) is 4.47 Å². The van der Waals surface area contributed by atoms with E-state index in [9.17, 15) is 4.79 Å². The molecule has 0 bridgehead atoms. The van der Waals surface area contributed by atoms with Crippen LogP contribution in [0.15, 0.2) is 64.1 Å². The van der Waals surface area contributed by atoms with Gasteiger partial charge in [-0.3, -0.25) is 9.69 Å². The Hall–Kier alpha value is -1.59. The molecule has 0 aliphatic carbocycles. The Morgan fingerprint density at radius 2 is 1.75 bits per heavy atom. The summed E-state index contributed by atoms with van der Waals surface area (Å²) in [6.45, 7) is 0. The maximum atomic E-state index is 12.1. The second kappa shape index (κ2) is 5.81. The maximum absolute atomic E-state index is 12.1. The summed E-state index contributed by atoms with van der Waals surface area (Å²) in [4.78, 5) is 18.3. The van der Waals surface area contributed by atoms with Crippen molar-refractivity contribution in [2.45, 2.75) is 0 Å². The molecule has 3 rings (SSSR count). The minimum Gasteiger partial charge on any atom is -0.273 e. The fraction of sp³-hybridized carbons (Fsp3) is 0.0667. The highest BCUT2D eigenvalue weighted by Gasteiger charge is 2.29. The molecule has 0 radical (unpaired) electrons. The summed E-state index contributed by atoms with van der Waals surface area (Å²) >= 11 is 4.87. The standard InChI is InChI=1S/C15H11BrN2OS/c16-11-6-8-13(9-7-11)18-14(19)10-20-15(18)17-12-4-2-1-3-5-12/h1-9H,10H2. The molecule has 20 heavy (non-hydrogen) atoms. The highest BCUT2D eigenvalue weighted by atomic mass is 79.9. The number of thioether (sulfide) groups is 1. The van der Waals surface area contributed by atoms with Crippen LogP contribution in [0.4, 0.5) is 11.4 Å². The van der Waals surface area contributed by atoms with Crippen molar-refractivity contribution in [1.29, 1.82) is 0 Å². The lowest BCUT2D eigenvalue weighted by Gasteiger charge is -2.16. The molecule has 0 saturated carbocycles. The van der Waals surface area contributed by atoms with Crippen LogP contribution in [0.1, 0.15) is 0 Å². The third kappa shape index (κ3) is 2.78. The van der Waals surface area contributed by atoms with Crippen LogP contribution in [0.2, 0.25) is 0 Å². The Kier molecular flexibility index (Phi) is 3.89. The summed E-state index contributed by atoms with van der Waals surface area (Å²) in [5.41, 5.74) is 1.70. The average Bonchev–Trinajstić information content (AvgIpc) is 2.82. The highest BCUT2D eigenvalue weighted by Crippen LogP contribution is 2.29. The lowest BCUT2D eigenvalue weighted by atomic mass is 10.3. The van der Waals surface area contributed by atoms with Gasteiger partial charge in [-0.25, -0.2) is 4.99 Å². The molecule has 1 heterocycles. The minimum atomic E-state index is 0.0620. The summed E-state index contributed by atoms with van der Waals surface area (Å²) in [5, 5.41) is 0.725. The first kappa shape index (κ1) is 13.4. The van der Waals surface area contributed by atoms with Crippen LogP contribution in [-0.2, 0) is 4.79 Å². The van der Waals surface area contributed by atoms with Gasteiger partial charge in [-0.05, 0) is 36.4 Å². The van der Waals surface area contributed by atoms with Gasteiger partial charge >= 0.3 is 0 Å². The van der Waals surface area contributed by atoms with Crippen LogP contribution in [0.25, 0.3) is 0 Å². The molecular formula is C15H11BrN2OS. The van der Waals surface area contributed by atoms with Crippen LogP contribution in [-0.4, -0.2) is 16.8 Å². The van der Waals surface area contributed by atoms with Gasteiger partial charge in [-0.1, -0.05) is 45.9 Å². The zero-order valence-electron chi connectivity index (χ0n) is 10.5.